The zero-order chi connectivity index (χ0) is 14.8. The van der Waals surface area contributed by atoms with Crippen molar-refractivity contribution >= 4 is 21.6 Å². The number of aryl methyl sites for hydroxylation is 1. The lowest BCUT2D eigenvalue weighted by atomic mass is 10.1. The fourth-order valence-electron chi connectivity index (χ4n) is 1.91. The van der Waals surface area contributed by atoms with Crippen molar-refractivity contribution in [1.82, 2.24) is 0 Å². The van der Waals surface area contributed by atoms with Gasteiger partial charge >= 0.3 is 6.30 Å². The van der Waals surface area contributed by atoms with E-state index in [1.807, 2.05) is 0 Å². The summed E-state index contributed by atoms with van der Waals surface area (Å²) in [7, 11) is 0. The van der Waals surface area contributed by atoms with E-state index in [1.54, 1.807) is 49.4 Å². The highest BCUT2D eigenvalue weighted by Gasteiger charge is 2.38. The fourth-order valence-corrected chi connectivity index (χ4v) is 2.37. The van der Waals surface area contributed by atoms with Crippen LogP contribution in [0.3, 0.4) is 0 Å². The number of hydrogen-bond donors (Lipinski definition) is 0. The summed E-state index contributed by atoms with van der Waals surface area (Å²) in [6.07, 6.45) is -4.44. The summed E-state index contributed by atoms with van der Waals surface area (Å²) < 4.78 is 40.4. The molecule has 2 aromatic rings. The molecule has 20 heavy (non-hydrogen) atoms. The molecule has 0 heterocycles. The van der Waals surface area contributed by atoms with Gasteiger partial charge in [-0.3, -0.25) is 4.90 Å². The Morgan fingerprint density at radius 3 is 2.30 bits per heavy atom. The molecule has 0 spiro atoms. The molecule has 0 aromatic heterocycles. The predicted molar refractivity (Wildman–Crippen MR) is 77.6 cm³/mol. The molecule has 1 nitrogen and oxygen atoms in total. The monoisotopic (exact) mass is 343 g/mol. The maximum Gasteiger partial charge on any atom is 0.485 e. The van der Waals surface area contributed by atoms with Gasteiger partial charge < -0.3 is 0 Å². The summed E-state index contributed by atoms with van der Waals surface area (Å²) in [5.41, 5.74) is 1.52. The van der Waals surface area contributed by atoms with E-state index in [1.165, 1.54) is 6.07 Å². The summed E-state index contributed by atoms with van der Waals surface area (Å²) in [6, 6.07) is 13.5. The van der Waals surface area contributed by atoms with E-state index in [-0.39, 0.29) is 12.2 Å². The molecular formula is C15H13BrF3N. The third-order valence-electron chi connectivity index (χ3n) is 2.88. The summed E-state index contributed by atoms with van der Waals surface area (Å²) >= 11 is 3.20. The number of halogens is 4. The van der Waals surface area contributed by atoms with Gasteiger partial charge in [0.1, 0.15) is 0 Å². The second kappa shape index (κ2) is 5.87. The molecule has 0 saturated heterocycles. The van der Waals surface area contributed by atoms with Crippen LogP contribution in [0, 0.1) is 6.92 Å². The van der Waals surface area contributed by atoms with Crippen LogP contribution in [0.1, 0.15) is 11.1 Å². The Bertz CT molecular complexity index is 581. The highest BCUT2D eigenvalue weighted by molar-refractivity contribution is 9.10. The van der Waals surface area contributed by atoms with Gasteiger partial charge in [0.2, 0.25) is 0 Å². The van der Waals surface area contributed by atoms with Crippen LogP contribution in [0.5, 0.6) is 0 Å². The lowest BCUT2D eigenvalue weighted by Gasteiger charge is -2.28. The molecule has 106 valence electrons. The fraction of sp³-hybridized carbons (Fsp3) is 0.200. The Morgan fingerprint density at radius 1 is 1.05 bits per heavy atom. The van der Waals surface area contributed by atoms with Crippen molar-refractivity contribution in [1.29, 1.82) is 0 Å². The molecule has 0 amide bonds. The maximum atomic E-state index is 13.3. The largest absolute Gasteiger partial charge is 0.485 e. The van der Waals surface area contributed by atoms with Crippen LogP contribution >= 0.6 is 15.9 Å². The topological polar surface area (TPSA) is 3.24 Å². The third-order valence-corrected chi connectivity index (χ3v) is 3.55. The van der Waals surface area contributed by atoms with Crippen LogP contribution in [0.4, 0.5) is 18.9 Å². The molecule has 0 aliphatic heterocycles. The van der Waals surface area contributed by atoms with Crippen molar-refractivity contribution in [3.8, 4) is 0 Å². The summed E-state index contributed by atoms with van der Waals surface area (Å²) in [5.74, 6) is 0. The zero-order valence-electron chi connectivity index (χ0n) is 10.8. The molecular weight excluding hydrogens is 331 g/mol. The highest BCUT2D eigenvalue weighted by Crippen LogP contribution is 2.36. The molecule has 0 N–H and O–H groups in total. The van der Waals surface area contributed by atoms with Crippen LogP contribution in [0.25, 0.3) is 0 Å². The molecule has 0 aliphatic rings. The van der Waals surface area contributed by atoms with E-state index < -0.39 is 6.30 Å². The first kappa shape index (κ1) is 14.9. The first-order valence-corrected chi connectivity index (χ1v) is 6.81. The second-order valence-corrected chi connectivity index (χ2v) is 5.35. The normalized spacial score (nSPS) is 11.4. The van der Waals surface area contributed by atoms with Crippen LogP contribution in [-0.4, -0.2) is 6.30 Å². The lowest BCUT2D eigenvalue weighted by Crippen LogP contribution is -2.37. The van der Waals surface area contributed by atoms with Crippen molar-refractivity contribution in [2.45, 2.75) is 19.8 Å². The first-order valence-electron chi connectivity index (χ1n) is 6.02. The molecule has 0 saturated carbocycles. The van der Waals surface area contributed by atoms with Crippen molar-refractivity contribution in [3.05, 3.63) is 64.1 Å². The van der Waals surface area contributed by atoms with Crippen molar-refractivity contribution < 1.29 is 13.2 Å². The Labute approximate surface area is 124 Å². The van der Waals surface area contributed by atoms with Gasteiger partial charge in [-0.05, 0) is 46.1 Å². The quantitative estimate of drug-likeness (QED) is 0.685. The Balaban J connectivity index is 2.41. The number of hydrogen-bond acceptors (Lipinski definition) is 1. The maximum absolute atomic E-state index is 13.3. The van der Waals surface area contributed by atoms with Crippen LogP contribution in [0.2, 0.25) is 0 Å². The third kappa shape index (κ3) is 3.54. The van der Waals surface area contributed by atoms with Gasteiger partial charge in [0.05, 0.1) is 12.2 Å². The molecule has 0 atom stereocenters. The number of rotatable bonds is 3. The number of anilines is 1. The Kier molecular flexibility index (Phi) is 4.38. The molecule has 0 aliphatic carbocycles. The summed E-state index contributed by atoms with van der Waals surface area (Å²) in [5, 5.41) is 0. The van der Waals surface area contributed by atoms with E-state index in [0.717, 1.165) is 5.56 Å². The van der Waals surface area contributed by atoms with Gasteiger partial charge in [0.25, 0.3) is 0 Å². The molecule has 2 aromatic carbocycles. The molecule has 0 bridgehead atoms. The minimum atomic E-state index is -4.44. The van der Waals surface area contributed by atoms with Crippen molar-refractivity contribution in [3.63, 3.8) is 0 Å². The van der Waals surface area contributed by atoms with Crippen LogP contribution in [0.15, 0.2) is 53.0 Å². The zero-order valence-corrected chi connectivity index (χ0v) is 12.4. The molecule has 2 rings (SSSR count). The van der Waals surface area contributed by atoms with Gasteiger partial charge in [-0.25, -0.2) is 0 Å². The summed E-state index contributed by atoms with van der Waals surface area (Å²) in [4.78, 5) is 0.444. The molecule has 5 heteroatoms. The van der Waals surface area contributed by atoms with E-state index in [9.17, 15) is 13.2 Å². The Morgan fingerprint density at radius 2 is 1.70 bits per heavy atom. The average Bonchev–Trinajstić information content (AvgIpc) is 2.39. The molecule has 0 unspecified atom stereocenters. The predicted octanol–water partition coefficient (Wildman–Crippen LogP) is 5.28. The van der Waals surface area contributed by atoms with Gasteiger partial charge in [0, 0.05) is 4.47 Å². The minimum absolute atomic E-state index is 0.126. The smallest absolute Gasteiger partial charge is 0.279 e. The second-order valence-electron chi connectivity index (χ2n) is 4.49. The SMILES string of the molecule is Cc1ccc(Br)c(N(Cc2ccccc2)C(F)(F)F)c1. The minimum Gasteiger partial charge on any atom is -0.279 e. The van der Waals surface area contributed by atoms with Crippen molar-refractivity contribution in [2.75, 3.05) is 4.90 Å². The summed E-state index contributed by atoms with van der Waals surface area (Å²) in [6.45, 7) is 1.55. The number of nitrogens with zero attached hydrogens (tertiary/aromatic N) is 1. The van der Waals surface area contributed by atoms with E-state index in [2.05, 4.69) is 15.9 Å². The molecule has 0 fully saturated rings. The average molecular weight is 344 g/mol. The van der Waals surface area contributed by atoms with Gasteiger partial charge in [-0.1, -0.05) is 36.4 Å². The Hall–Kier alpha value is -1.49. The van der Waals surface area contributed by atoms with Crippen molar-refractivity contribution in [2.24, 2.45) is 0 Å². The van der Waals surface area contributed by atoms with Gasteiger partial charge in [-0.15, -0.1) is 0 Å². The van der Waals surface area contributed by atoms with E-state index in [4.69, 9.17) is 0 Å². The molecule has 0 radical (unpaired) electrons. The van der Waals surface area contributed by atoms with E-state index in [0.29, 0.717) is 14.9 Å². The standard InChI is InChI=1S/C15H13BrF3N/c1-11-7-8-13(16)14(9-11)20(15(17,18)19)10-12-5-3-2-4-6-12/h2-9H,10H2,1H3. The number of alkyl halides is 3. The van der Waals surface area contributed by atoms with Gasteiger partial charge in [-0.2, -0.15) is 13.2 Å². The van der Waals surface area contributed by atoms with Crippen LogP contribution < -0.4 is 4.90 Å². The van der Waals surface area contributed by atoms with Gasteiger partial charge in [0.15, 0.2) is 0 Å². The van der Waals surface area contributed by atoms with E-state index >= 15 is 0 Å². The number of benzene rings is 2. The lowest BCUT2D eigenvalue weighted by molar-refractivity contribution is -0.130. The highest BCUT2D eigenvalue weighted by atomic mass is 79.9. The van der Waals surface area contributed by atoms with Crippen LogP contribution in [-0.2, 0) is 6.54 Å². The first-order chi connectivity index (χ1) is 9.38.